The monoisotopic (exact) mass is 175 g/mol. The summed E-state index contributed by atoms with van der Waals surface area (Å²) in [5.74, 6) is -2.43. The van der Waals surface area contributed by atoms with E-state index in [1.54, 1.807) is 0 Å². The molecule has 0 spiro atoms. The summed E-state index contributed by atoms with van der Waals surface area (Å²) in [4.78, 5) is 0. The van der Waals surface area contributed by atoms with Crippen LogP contribution in [-0.2, 0) is 0 Å². The maximum absolute atomic E-state index is 13.3. The molecular formula is C9H15F2N. The molecule has 70 valence electrons. The summed E-state index contributed by atoms with van der Waals surface area (Å²) in [7, 11) is 0. The highest BCUT2D eigenvalue weighted by atomic mass is 19.3. The lowest BCUT2D eigenvalue weighted by Crippen LogP contribution is -2.47. The van der Waals surface area contributed by atoms with E-state index in [9.17, 15) is 8.78 Å². The largest absolute Gasteiger partial charge is 0.316 e. The van der Waals surface area contributed by atoms with E-state index in [0.29, 0.717) is 0 Å². The van der Waals surface area contributed by atoms with Crippen molar-refractivity contribution < 1.29 is 8.78 Å². The van der Waals surface area contributed by atoms with Crippen LogP contribution in [0, 0.1) is 11.8 Å². The molecule has 1 saturated carbocycles. The highest BCUT2D eigenvalue weighted by Crippen LogP contribution is 2.43. The Balaban J connectivity index is 1.81. The molecule has 3 heteroatoms. The highest BCUT2D eigenvalue weighted by Gasteiger charge is 2.44. The van der Waals surface area contributed by atoms with Gasteiger partial charge in [0.15, 0.2) is 0 Å². The van der Waals surface area contributed by atoms with Gasteiger partial charge in [0.05, 0.1) is 0 Å². The Morgan fingerprint density at radius 3 is 2.25 bits per heavy atom. The molecule has 1 nitrogen and oxygen atoms in total. The van der Waals surface area contributed by atoms with Crippen LogP contribution in [0.4, 0.5) is 8.78 Å². The lowest BCUT2D eigenvalue weighted by atomic mass is 9.77. The first-order chi connectivity index (χ1) is 5.68. The zero-order valence-corrected chi connectivity index (χ0v) is 7.15. The van der Waals surface area contributed by atoms with E-state index in [-0.39, 0.29) is 18.3 Å². The molecule has 0 amide bonds. The van der Waals surface area contributed by atoms with Gasteiger partial charge in [-0.3, -0.25) is 0 Å². The lowest BCUT2D eigenvalue weighted by Gasteiger charge is -2.38. The molecular weight excluding hydrogens is 160 g/mol. The summed E-state index contributed by atoms with van der Waals surface area (Å²) >= 11 is 0. The second-order valence-electron chi connectivity index (χ2n) is 4.12. The SMILES string of the molecule is FC(F)(CC1CNC1)C1CCC1. The van der Waals surface area contributed by atoms with Crippen LogP contribution in [0.25, 0.3) is 0 Å². The molecule has 1 aliphatic heterocycles. The average molecular weight is 175 g/mol. The number of rotatable bonds is 3. The molecule has 1 heterocycles. The quantitative estimate of drug-likeness (QED) is 0.692. The summed E-state index contributed by atoms with van der Waals surface area (Å²) in [5, 5.41) is 3.03. The van der Waals surface area contributed by atoms with E-state index >= 15 is 0 Å². The summed E-state index contributed by atoms with van der Waals surface area (Å²) in [6.45, 7) is 1.59. The van der Waals surface area contributed by atoms with Crippen LogP contribution in [0.3, 0.4) is 0 Å². The van der Waals surface area contributed by atoms with Crippen molar-refractivity contribution in [3.63, 3.8) is 0 Å². The van der Waals surface area contributed by atoms with E-state index < -0.39 is 5.92 Å². The Labute approximate surface area is 71.5 Å². The van der Waals surface area contributed by atoms with Crippen molar-refractivity contribution in [2.75, 3.05) is 13.1 Å². The molecule has 0 unspecified atom stereocenters. The Bertz CT molecular complexity index is 162. The smallest absolute Gasteiger partial charge is 0.251 e. The van der Waals surface area contributed by atoms with Crippen LogP contribution in [0.15, 0.2) is 0 Å². The summed E-state index contributed by atoms with van der Waals surface area (Å²) in [6.07, 6.45) is 2.61. The maximum atomic E-state index is 13.3. The van der Waals surface area contributed by atoms with E-state index in [4.69, 9.17) is 0 Å². The van der Waals surface area contributed by atoms with Crippen LogP contribution in [0.5, 0.6) is 0 Å². The molecule has 0 aromatic rings. The molecule has 0 aromatic heterocycles. The van der Waals surface area contributed by atoms with Crippen molar-refractivity contribution in [3.8, 4) is 0 Å². The third-order valence-electron chi connectivity index (χ3n) is 3.13. The first kappa shape index (κ1) is 8.42. The molecule has 1 saturated heterocycles. The zero-order valence-electron chi connectivity index (χ0n) is 7.15. The van der Waals surface area contributed by atoms with Gasteiger partial charge in [0.2, 0.25) is 0 Å². The van der Waals surface area contributed by atoms with Gasteiger partial charge in [0.25, 0.3) is 5.92 Å². The molecule has 1 aliphatic carbocycles. The lowest BCUT2D eigenvalue weighted by molar-refractivity contribution is -0.107. The number of hydrogen-bond acceptors (Lipinski definition) is 1. The summed E-state index contributed by atoms with van der Waals surface area (Å²) in [5.41, 5.74) is 0. The fourth-order valence-corrected chi connectivity index (χ4v) is 1.87. The van der Waals surface area contributed by atoms with E-state index in [1.807, 2.05) is 0 Å². The molecule has 0 radical (unpaired) electrons. The van der Waals surface area contributed by atoms with Crippen molar-refractivity contribution in [1.29, 1.82) is 0 Å². The molecule has 2 aliphatic rings. The average Bonchev–Trinajstić information content (AvgIpc) is 1.73. The van der Waals surface area contributed by atoms with Crippen LogP contribution in [0.1, 0.15) is 25.7 Å². The van der Waals surface area contributed by atoms with E-state index in [2.05, 4.69) is 5.32 Å². The fraction of sp³-hybridized carbons (Fsp3) is 1.00. The third-order valence-corrected chi connectivity index (χ3v) is 3.13. The van der Waals surface area contributed by atoms with Gasteiger partial charge in [-0.1, -0.05) is 6.42 Å². The molecule has 1 N–H and O–H groups in total. The first-order valence-electron chi connectivity index (χ1n) is 4.77. The predicted octanol–water partition coefficient (Wildman–Crippen LogP) is 2.03. The van der Waals surface area contributed by atoms with Gasteiger partial charge in [0, 0.05) is 12.3 Å². The van der Waals surface area contributed by atoms with Gasteiger partial charge in [-0.05, 0) is 31.8 Å². The minimum Gasteiger partial charge on any atom is -0.316 e. The Kier molecular flexibility index (Phi) is 2.07. The zero-order chi connectivity index (χ0) is 8.60. The second-order valence-corrected chi connectivity index (χ2v) is 4.12. The molecule has 2 fully saturated rings. The Hall–Kier alpha value is -0.180. The molecule has 12 heavy (non-hydrogen) atoms. The van der Waals surface area contributed by atoms with Crippen LogP contribution in [0.2, 0.25) is 0 Å². The predicted molar refractivity (Wildman–Crippen MR) is 43.3 cm³/mol. The normalized spacial score (nSPS) is 26.5. The van der Waals surface area contributed by atoms with Crippen molar-refractivity contribution in [3.05, 3.63) is 0 Å². The van der Waals surface area contributed by atoms with Crippen molar-refractivity contribution in [2.24, 2.45) is 11.8 Å². The fourth-order valence-electron chi connectivity index (χ4n) is 1.87. The minimum atomic E-state index is -2.37. The van der Waals surface area contributed by atoms with Crippen LogP contribution >= 0.6 is 0 Å². The molecule has 0 atom stereocenters. The number of halogens is 2. The van der Waals surface area contributed by atoms with Crippen LogP contribution < -0.4 is 5.32 Å². The second kappa shape index (κ2) is 2.95. The maximum Gasteiger partial charge on any atom is 0.251 e. The Morgan fingerprint density at radius 1 is 1.25 bits per heavy atom. The summed E-state index contributed by atoms with van der Waals surface area (Å²) < 4.78 is 26.6. The van der Waals surface area contributed by atoms with Gasteiger partial charge in [0.1, 0.15) is 0 Å². The van der Waals surface area contributed by atoms with Crippen molar-refractivity contribution >= 4 is 0 Å². The Morgan fingerprint density at radius 2 is 1.92 bits per heavy atom. The molecule has 2 rings (SSSR count). The van der Waals surface area contributed by atoms with E-state index in [0.717, 1.165) is 32.4 Å². The van der Waals surface area contributed by atoms with Crippen LogP contribution in [-0.4, -0.2) is 19.0 Å². The molecule has 0 bridgehead atoms. The number of hydrogen-bond donors (Lipinski definition) is 1. The van der Waals surface area contributed by atoms with Gasteiger partial charge in [-0.25, -0.2) is 8.78 Å². The van der Waals surface area contributed by atoms with Gasteiger partial charge in [-0.15, -0.1) is 0 Å². The standard InChI is InChI=1S/C9H15F2N/c10-9(11,8-2-1-3-8)4-7-5-12-6-7/h7-8,12H,1-6H2. The first-order valence-corrected chi connectivity index (χ1v) is 4.77. The molecule has 0 aromatic carbocycles. The highest BCUT2D eigenvalue weighted by molar-refractivity contribution is 4.88. The third kappa shape index (κ3) is 1.47. The van der Waals surface area contributed by atoms with Gasteiger partial charge >= 0.3 is 0 Å². The van der Waals surface area contributed by atoms with Crippen molar-refractivity contribution in [1.82, 2.24) is 5.32 Å². The topological polar surface area (TPSA) is 12.0 Å². The van der Waals surface area contributed by atoms with Crippen molar-refractivity contribution in [2.45, 2.75) is 31.6 Å². The van der Waals surface area contributed by atoms with Gasteiger partial charge < -0.3 is 5.32 Å². The summed E-state index contributed by atoms with van der Waals surface area (Å²) in [6, 6.07) is 0. The number of alkyl halides is 2. The minimum absolute atomic E-state index is 0.116. The van der Waals surface area contributed by atoms with Gasteiger partial charge in [-0.2, -0.15) is 0 Å². The van der Waals surface area contributed by atoms with E-state index in [1.165, 1.54) is 0 Å². The number of nitrogens with one attached hydrogen (secondary N) is 1.